The Bertz CT molecular complexity index is 408. The molecule has 0 radical (unpaired) electrons. The number of ether oxygens (including phenoxy) is 1. The van der Waals surface area contributed by atoms with Gasteiger partial charge in [-0.2, -0.15) is 0 Å². The zero-order valence-electron chi connectivity index (χ0n) is 11.6. The standard InChI is InChI=1S/C14H19ClF3NO/c1-3-13(2,8-9-15)19-10-11-4-6-12(7-5-11)20-14(16,17)18/h4-7,19H,3,8-10H2,1-2H3. The topological polar surface area (TPSA) is 21.3 Å². The van der Waals surface area contributed by atoms with Gasteiger partial charge in [-0.3, -0.25) is 0 Å². The molecule has 0 aliphatic rings. The number of halogens is 4. The number of nitrogens with one attached hydrogen (secondary N) is 1. The Hall–Kier alpha value is -0.940. The molecule has 0 aliphatic carbocycles. The quantitative estimate of drug-likeness (QED) is 0.750. The predicted octanol–water partition coefficient (Wildman–Crippen LogP) is 4.47. The summed E-state index contributed by atoms with van der Waals surface area (Å²) in [7, 11) is 0. The van der Waals surface area contributed by atoms with Gasteiger partial charge in [0.15, 0.2) is 0 Å². The summed E-state index contributed by atoms with van der Waals surface area (Å²) in [4.78, 5) is 0. The predicted molar refractivity (Wildman–Crippen MR) is 74.0 cm³/mol. The molecule has 0 bridgehead atoms. The van der Waals surface area contributed by atoms with Crippen molar-refractivity contribution in [3.8, 4) is 5.75 Å². The maximum atomic E-state index is 12.0. The van der Waals surface area contributed by atoms with Crippen LogP contribution in [0.4, 0.5) is 13.2 Å². The highest BCUT2D eigenvalue weighted by molar-refractivity contribution is 6.17. The van der Waals surface area contributed by atoms with Gasteiger partial charge in [-0.05, 0) is 37.5 Å². The van der Waals surface area contributed by atoms with Crippen LogP contribution < -0.4 is 10.1 Å². The van der Waals surface area contributed by atoms with Gasteiger partial charge in [0, 0.05) is 18.0 Å². The molecule has 114 valence electrons. The highest BCUT2D eigenvalue weighted by Gasteiger charge is 2.31. The molecule has 0 aliphatic heterocycles. The molecular formula is C14H19ClF3NO. The van der Waals surface area contributed by atoms with E-state index in [9.17, 15) is 13.2 Å². The van der Waals surface area contributed by atoms with Crippen LogP contribution in [0.3, 0.4) is 0 Å². The number of hydrogen-bond acceptors (Lipinski definition) is 2. The van der Waals surface area contributed by atoms with Crippen LogP contribution in [-0.2, 0) is 6.54 Å². The lowest BCUT2D eigenvalue weighted by Crippen LogP contribution is -2.41. The zero-order valence-corrected chi connectivity index (χ0v) is 12.3. The molecule has 0 amide bonds. The van der Waals surface area contributed by atoms with Crippen LogP contribution in [0.15, 0.2) is 24.3 Å². The Balaban J connectivity index is 2.57. The molecular weight excluding hydrogens is 291 g/mol. The van der Waals surface area contributed by atoms with E-state index < -0.39 is 6.36 Å². The molecule has 0 saturated heterocycles. The van der Waals surface area contributed by atoms with Crippen molar-refractivity contribution in [1.29, 1.82) is 0 Å². The van der Waals surface area contributed by atoms with Gasteiger partial charge >= 0.3 is 6.36 Å². The fourth-order valence-electron chi connectivity index (χ4n) is 1.72. The molecule has 0 spiro atoms. The molecule has 0 heterocycles. The van der Waals surface area contributed by atoms with E-state index in [1.54, 1.807) is 12.1 Å². The van der Waals surface area contributed by atoms with E-state index in [1.807, 2.05) is 0 Å². The summed E-state index contributed by atoms with van der Waals surface area (Å²) in [6.07, 6.45) is -2.89. The Morgan fingerprint density at radius 3 is 2.25 bits per heavy atom. The lowest BCUT2D eigenvalue weighted by Gasteiger charge is -2.29. The van der Waals surface area contributed by atoms with Crippen molar-refractivity contribution in [2.75, 3.05) is 5.88 Å². The summed E-state index contributed by atoms with van der Waals surface area (Å²) >= 11 is 5.77. The fraction of sp³-hybridized carbons (Fsp3) is 0.571. The molecule has 1 atom stereocenters. The first-order chi connectivity index (χ1) is 9.28. The molecule has 1 unspecified atom stereocenters. The van der Waals surface area contributed by atoms with Crippen molar-refractivity contribution >= 4 is 11.6 Å². The van der Waals surface area contributed by atoms with Crippen molar-refractivity contribution in [3.05, 3.63) is 29.8 Å². The molecule has 0 fully saturated rings. The van der Waals surface area contributed by atoms with Gasteiger partial charge in [0.25, 0.3) is 0 Å². The highest BCUT2D eigenvalue weighted by atomic mass is 35.5. The minimum absolute atomic E-state index is 0.0666. The molecule has 0 saturated carbocycles. The summed E-state index contributed by atoms with van der Waals surface area (Å²) in [5.41, 5.74) is 0.830. The first-order valence-electron chi connectivity index (χ1n) is 6.44. The highest BCUT2D eigenvalue weighted by Crippen LogP contribution is 2.23. The molecule has 20 heavy (non-hydrogen) atoms. The number of alkyl halides is 4. The van der Waals surface area contributed by atoms with Gasteiger partial charge < -0.3 is 10.1 Å². The van der Waals surface area contributed by atoms with Crippen molar-refractivity contribution in [3.63, 3.8) is 0 Å². The van der Waals surface area contributed by atoms with Crippen LogP contribution in [0.5, 0.6) is 5.75 Å². The zero-order chi connectivity index (χ0) is 15.2. The minimum atomic E-state index is -4.65. The summed E-state index contributed by atoms with van der Waals surface area (Å²) < 4.78 is 39.9. The molecule has 6 heteroatoms. The summed E-state index contributed by atoms with van der Waals surface area (Å²) in [5, 5.41) is 3.38. The van der Waals surface area contributed by atoms with Crippen LogP contribution in [0.25, 0.3) is 0 Å². The molecule has 1 N–H and O–H groups in total. The smallest absolute Gasteiger partial charge is 0.406 e. The van der Waals surface area contributed by atoms with Gasteiger partial charge in [0.2, 0.25) is 0 Å². The minimum Gasteiger partial charge on any atom is -0.406 e. The lowest BCUT2D eigenvalue weighted by molar-refractivity contribution is -0.274. The van der Waals surface area contributed by atoms with Crippen molar-refractivity contribution in [1.82, 2.24) is 5.32 Å². The molecule has 1 aromatic carbocycles. The van der Waals surface area contributed by atoms with E-state index in [0.717, 1.165) is 18.4 Å². The fourth-order valence-corrected chi connectivity index (χ4v) is 2.14. The lowest BCUT2D eigenvalue weighted by atomic mass is 9.95. The van der Waals surface area contributed by atoms with E-state index in [0.29, 0.717) is 12.4 Å². The first-order valence-corrected chi connectivity index (χ1v) is 6.97. The summed E-state index contributed by atoms with van der Waals surface area (Å²) in [5.74, 6) is 0.357. The summed E-state index contributed by atoms with van der Waals surface area (Å²) in [6, 6.07) is 5.86. The van der Waals surface area contributed by atoms with Gasteiger partial charge in [-0.1, -0.05) is 19.1 Å². The monoisotopic (exact) mass is 309 g/mol. The third-order valence-corrected chi connectivity index (χ3v) is 3.49. The van der Waals surface area contributed by atoms with E-state index in [1.165, 1.54) is 12.1 Å². The van der Waals surface area contributed by atoms with E-state index in [4.69, 9.17) is 11.6 Å². The molecule has 1 aromatic rings. The Labute approximate surface area is 122 Å². The van der Waals surface area contributed by atoms with Gasteiger partial charge in [-0.15, -0.1) is 24.8 Å². The van der Waals surface area contributed by atoms with E-state index >= 15 is 0 Å². The van der Waals surface area contributed by atoms with Crippen LogP contribution >= 0.6 is 11.6 Å². The SMILES string of the molecule is CCC(C)(CCCl)NCc1ccc(OC(F)(F)F)cc1. The van der Waals surface area contributed by atoms with Gasteiger partial charge in [0.05, 0.1) is 0 Å². The second kappa shape index (κ2) is 7.18. The molecule has 2 nitrogen and oxygen atoms in total. The average molecular weight is 310 g/mol. The van der Waals surface area contributed by atoms with Crippen molar-refractivity contribution in [2.24, 2.45) is 0 Å². The second-order valence-corrected chi connectivity index (χ2v) is 5.28. The van der Waals surface area contributed by atoms with E-state index in [2.05, 4.69) is 23.9 Å². The second-order valence-electron chi connectivity index (χ2n) is 4.90. The normalized spacial score (nSPS) is 14.9. The summed E-state index contributed by atoms with van der Waals surface area (Å²) in [6.45, 7) is 4.73. The molecule has 0 aromatic heterocycles. The maximum absolute atomic E-state index is 12.0. The van der Waals surface area contributed by atoms with Crippen LogP contribution in [0.1, 0.15) is 32.3 Å². The number of rotatable bonds is 7. The molecule has 1 rings (SSSR count). The third-order valence-electron chi connectivity index (χ3n) is 3.30. The average Bonchev–Trinajstić information content (AvgIpc) is 2.37. The van der Waals surface area contributed by atoms with Crippen LogP contribution in [0.2, 0.25) is 0 Å². The van der Waals surface area contributed by atoms with Crippen LogP contribution in [-0.4, -0.2) is 17.8 Å². The van der Waals surface area contributed by atoms with Gasteiger partial charge in [0.1, 0.15) is 5.75 Å². The first kappa shape index (κ1) is 17.1. The third kappa shape index (κ3) is 6.01. The van der Waals surface area contributed by atoms with Crippen molar-refractivity contribution in [2.45, 2.75) is 45.1 Å². The van der Waals surface area contributed by atoms with E-state index in [-0.39, 0.29) is 11.3 Å². The Morgan fingerprint density at radius 2 is 1.80 bits per heavy atom. The number of hydrogen-bond donors (Lipinski definition) is 1. The Kier molecular flexibility index (Phi) is 6.14. The largest absolute Gasteiger partial charge is 0.573 e. The van der Waals surface area contributed by atoms with Crippen molar-refractivity contribution < 1.29 is 17.9 Å². The Morgan fingerprint density at radius 1 is 1.20 bits per heavy atom. The van der Waals surface area contributed by atoms with Crippen LogP contribution in [0, 0.1) is 0 Å². The maximum Gasteiger partial charge on any atom is 0.573 e. The number of benzene rings is 1. The van der Waals surface area contributed by atoms with Gasteiger partial charge in [-0.25, -0.2) is 0 Å².